The Morgan fingerprint density at radius 3 is 2.65 bits per heavy atom. The van der Waals surface area contributed by atoms with Gasteiger partial charge in [-0.25, -0.2) is 4.98 Å². The van der Waals surface area contributed by atoms with E-state index >= 15 is 0 Å². The summed E-state index contributed by atoms with van der Waals surface area (Å²) in [6, 6.07) is 5.19. The minimum atomic E-state index is -0.358. The molecular weight excluding hydrogens is 394 g/mol. The molecule has 8 heteroatoms. The molecule has 2 aliphatic heterocycles. The Labute approximate surface area is 182 Å². The molecule has 8 nitrogen and oxygen atoms in total. The molecule has 2 amide bonds. The van der Waals surface area contributed by atoms with Crippen molar-refractivity contribution in [2.45, 2.75) is 52.0 Å². The Hall–Kier alpha value is -2.74. The first-order chi connectivity index (χ1) is 15.0. The normalized spacial score (nSPS) is 17.3. The molecule has 3 heterocycles. The van der Waals surface area contributed by atoms with E-state index < -0.39 is 0 Å². The van der Waals surface area contributed by atoms with Gasteiger partial charge in [0, 0.05) is 44.8 Å². The number of aromatic nitrogens is 2. The van der Waals surface area contributed by atoms with E-state index in [2.05, 4.69) is 22.1 Å². The number of aryl methyl sites for hydroxylation is 1. The van der Waals surface area contributed by atoms with E-state index in [0.29, 0.717) is 36.2 Å². The first kappa shape index (κ1) is 21.5. The molecule has 0 unspecified atom stereocenters. The minimum absolute atomic E-state index is 0.0565. The Kier molecular flexibility index (Phi) is 6.65. The van der Waals surface area contributed by atoms with E-state index in [-0.39, 0.29) is 23.8 Å². The fourth-order valence-electron chi connectivity index (χ4n) is 4.49. The molecule has 2 aromatic rings. The van der Waals surface area contributed by atoms with Crippen LogP contribution in [0.25, 0.3) is 10.9 Å². The van der Waals surface area contributed by atoms with Gasteiger partial charge in [0.1, 0.15) is 12.2 Å². The average molecular weight is 426 g/mol. The van der Waals surface area contributed by atoms with Gasteiger partial charge in [-0.1, -0.05) is 13.3 Å². The second kappa shape index (κ2) is 9.60. The summed E-state index contributed by atoms with van der Waals surface area (Å²) in [5.41, 5.74) is 1.11. The maximum absolute atomic E-state index is 13.0. The van der Waals surface area contributed by atoms with Gasteiger partial charge in [0.25, 0.3) is 5.56 Å². The van der Waals surface area contributed by atoms with Crippen molar-refractivity contribution in [1.82, 2.24) is 19.4 Å². The molecule has 1 aromatic carbocycles. The van der Waals surface area contributed by atoms with Crippen molar-refractivity contribution in [2.24, 2.45) is 0 Å². The standard InChI is InChI=1S/C23H31N5O3/c1-2-9-26-11-13-27(14-12-26)22(30)16-21(29)24-17-7-8-19-18(15-17)23(31)28-10-5-3-4-6-20(28)25-19/h7-8,15H,2-6,9-14,16H2,1H3,(H,24,29). The first-order valence-electron chi connectivity index (χ1n) is 11.4. The number of benzene rings is 1. The molecule has 0 atom stereocenters. The Balaban J connectivity index is 1.41. The number of nitrogens with one attached hydrogen (secondary N) is 1. The lowest BCUT2D eigenvalue weighted by molar-refractivity contribution is -0.136. The fourth-order valence-corrected chi connectivity index (χ4v) is 4.49. The van der Waals surface area contributed by atoms with Crippen LogP contribution in [0.2, 0.25) is 0 Å². The van der Waals surface area contributed by atoms with Crippen LogP contribution in [0, 0.1) is 0 Å². The van der Waals surface area contributed by atoms with Crippen molar-refractivity contribution in [3.05, 3.63) is 34.4 Å². The molecule has 1 aromatic heterocycles. The predicted molar refractivity (Wildman–Crippen MR) is 120 cm³/mol. The molecule has 4 rings (SSSR count). The minimum Gasteiger partial charge on any atom is -0.340 e. The molecule has 0 spiro atoms. The number of piperazine rings is 1. The summed E-state index contributed by atoms with van der Waals surface area (Å²) >= 11 is 0. The molecule has 0 radical (unpaired) electrons. The summed E-state index contributed by atoms with van der Waals surface area (Å²) in [7, 11) is 0. The molecule has 1 fully saturated rings. The van der Waals surface area contributed by atoms with Crippen molar-refractivity contribution < 1.29 is 9.59 Å². The largest absolute Gasteiger partial charge is 0.340 e. The van der Waals surface area contributed by atoms with Gasteiger partial charge >= 0.3 is 0 Å². The fraction of sp³-hybridized carbons (Fsp3) is 0.565. The zero-order valence-corrected chi connectivity index (χ0v) is 18.2. The third-order valence-electron chi connectivity index (χ3n) is 6.18. The highest BCUT2D eigenvalue weighted by atomic mass is 16.2. The van der Waals surface area contributed by atoms with Crippen molar-refractivity contribution in [3.8, 4) is 0 Å². The van der Waals surface area contributed by atoms with Gasteiger partial charge in [-0.2, -0.15) is 0 Å². The molecule has 0 aliphatic carbocycles. The molecule has 2 aliphatic rings. The van der Waals surface area contributed by atoms with Crippen molar-refractivity contribution in [1.29, 1.82) is 0 Å². The van der Waals surface area contributed by atoms with Gasteiger partial charge in [0.15, 0.2) is 0 Å². The Morgan fingerprint density at radius 1 is 1.06 bits per heavy atom. The van der Waals surface area contributed by atoms with Crippen LogP contribution in [0.5, 0.6) is 0 Å². The number of carbonyl (C=O) groups is 2. The van der Waals surface area contributed by atoms with E-state index in [9.17, 15) is 14.4 Å². The number of anilines is 1. The molecule has 1 saturated heterocycles. The van der Waals surface area contributed by atoms with Crippen LogP contribution in [0.4, 0.5) is 5.69 Å². The molecule has 31 heavy (non-hydrogen) atoms. The third kappa shape index (κ3) is 4.95. The number of amides is 2. The number of fused-ring (bicyclic) bond motifs is 2. The van der Waals surface area contributed by atoms with Gasteiger partial charge in [-0.3, -0.25) is 23.9 Å². The lowest BCUT2D eigenvalue weighted by atomic mass is 10.2. The molecule has 0 saturated carbocycles. The van der Waals surface area contributed by atoms with Crippen LogP contribution in [-0.2, 0) is 22.6 Å². The second-order valence-electron chi connectivity index (χ2n) is 8.47. The van der Waals surface area contributed by atoms with E-state index in [0.717, 1.165) is 57.6 Å². The van der Waals surface area contributed by atoms with Gasteiger partial charge in [0.2, 0.25) is 11.8 Å². The summed E-state index contributed by atoms with van der Waals surface area (Å²) in [5, 5.41) is 3.28. The summed E-state index contributed by atoms with van der Waals surface area (Å²) in [5.74, 6) is 0.334. The zero-order chi connectivity index (χ0) is 21.8. The smallest absolute Gasteiger partial charge is 0.261 e. The predicted octanol–water partition coefficient (Wildman–Crippen LogP) is 2.01. The van der Waals surface area contributed by atoms with Crippen LogP contribution in [0.1, 0.15) is 44.9 Å². The highest BCUT2D eigenvalue weighted by Gasteiger charge is 2.22. The van der Waals surface area contributed by atoms with E-state index in [4.69, 9.17) is 0 Å². The topological polar surface area (TPSA) is 87.5 Å². The van der Waals surface area contributed by atoms with Gasteiger partial charge < -0.3 is 10.2 Å². The van der Waals surface area contributed by atoms with E-state index in [1.54, 1.807) is 27.7 Å². The summed E-state index contributed by atoms with van der Waals surface area (Å²) < 4.78 is 1.77. The maximum Gasteiger partial charge on any atom is 0.261 e. The number of rotatable bonds is 5. The van der Waals surface area contributed by atoms with Crippen LogP contribution in [0.3, 0.4) is 0 Å². The summed E-state index contributed by atoms with van der Waals surface area (Å²) in [4.78, 5) is 46.7. The molecule has 166 valence electrons. The van der Waals surface area contributed by atoms with E-state index in [1.165, 1.54) is 0 Å². The van der Waals surface area contributed by atoms with Crippen LogP contribution in [0.15, 0.2) is 23.0 Å². The van der Waals surface area contributed by atoms with Gasteiger partial charge in [-0.15, -0.1) is 0 Å². The quantitative estimate of drug-likeness (QED) is 0.741. The molecule has 0 bridgehead atoms. The lowest BCUT2D eigenvalue weighted by Crippen LogP contribution is -2.49. The Bertz CT molecular complexity index is 1020. The number of carbonyl (C=O) groups excluding carboxylic acids is 2. The van der Waals surface area contributed by atoms with Crippen molar-refractivity contribution in [3.63, 3.8) is 0 Å². The third-order valence-corrected chi connectivity index (χ3v) is 6.18. The van der Waals surface area contributed by atoms with Gasteiger partial charge in [-0.05, 0) is 44.0 Å². The van der Waals surface area contributed by atoms with E-state index in [1.807, 2.05) is 0 Å². The number of hydrogen-bond acceptors (Lipinski definition) is 5. The number of nitrogens with zero attached hydrogens (tertiary/aromatic N) is 4. The average Bonchev–Trinajstić information content (AvgIpc) is 3.01. The summed E-state index contributed by atoms with van der Waals surface area (Å²) in [6.07, 6.45) is 4.86. The molecule has 1 N–H and O–H groups in total. The highest BCUT2D eigenvalue weighted by molar-refractivity contribution is 6.04. The lowest BCUT2D eigenvalue weighted by Gasteiger charge is -2.34. The SMILES string of the molecule is CCCN1CCN(C(=O)CC(=O)Nc2ccc3nc4n(c(=O)c3c2)CCCCC4)CC1. The van der Waals surface area contributed by atoms with Crippen LogP contribution in [-0.4, -0.2) is 63.9 Å². The van der Waals surface area contributed by atoms with Crippen LogP contribution < -0.4 is 10.9 Å². The molecular formula is C23H31N5O3. The maximum atomic E-state index is 13.0. The zero-order valence-electron chi connectivity index (χ0n) is 18.2. The van der Waals surface area contributed by atoms with Crippen molar-refractivity contribution >= 4 is 28.4 Å². The Morgan fingerprint density at radius 2 is 1.87 bits per heavy atom. The monoisotopic (exact) mass is 425 g/mol. The highest BCUT2D eigenvalue weighted by Crippen LogP contribution is 2.18. The van der Waals surface area contributed by atoms with Crippen LogP contribution >= 0.6 is 0 Å². The summed E-state index contributed by atoms with van der Waals surface area (Å²) in [6.45, 7) is 6.91. The van der Waals surface area contributed by atoms with Gasteiger partial charge in [0.05, 0.1) is 10.9 Å². The van der Waals surface area contributed by atoms with Crippen molar-refractivity contribution in [2.75, 3.05) is 38.0 Å². The first-order valence-corrected chi connectivity index (χ1v) is 11.4. The second-order valence-corrected chi connectivity index (χ2v) is 8.47. The number of hydrogen-bond donors (Lipinski definition) is 1.